The van der Waals surface area contributed by atoms with Gasteiger partial charge in [-0.3, -0.25) is 0 Å². The lowest BCUT2D eigenvalue weighted by Crippen LogP contribution is -2.25. The minimum Gasteiger partial charge on any atom is -0.462 e. The van der Waals surface area contributed by atoms with Crippen molar-refractivity contribution in [3.63, 3.8) is 0 Å². The highest BCUT2D eigenvalue weighted by Gasteiger charge is 2.20. The molecule has 8 nitrogen and oxygen atoms in total. The molecule has 0 unspecified atom stereocenters. The number of benzene rings is 2. The van der Waals surface area contributed by atoms with Crippen molar-refractivity contribution in [1.29, 1.82) is 0 Å². The zero-order chi connectivity index (χ0) is 26.2. The van der Waals surface area contributed by atoms with Gasteiger partial charge in [-0.05, 0) is 61.4 Å². The van der Waals surface area contributed by atoms with Gasteiger partial charge in [-0.1, -0.05) is 52.4 Å². The average Bonchev–Trinajstić information content (AvgIpc) is 2.89. The SMILES string of the molecule is CCCCCCOC(=O)c1ccc(OC(=O)C(=O)Oc2ccc(C(=O)OCCCCCC)cc2)cc1. The van der Waals surface area contributed by atoms with Crippen LogP contribution in [0.4, 0.5) is 0 Å². The van der Waals surface area contributed by atoms with Crippen LogP contribution in [0.2, 0.25) is 0 Å². The summed E-state index contributed by atoms with van der Waals surface area (Å²) >= 11 is 0. The molecule has 2 aromatic carbocycles. The van der Waals surface area contributed by atoms with E-state index in [1.807, 2.05) is 0 Å². The summed E-state index contributed by atoms with van der Waals surface area (Å²) in [6.45, 7) is 4.91. The molecule has 0 atom stereocenters. The van der Waals surface area contributed by atoms with Crippen molar-refractivity contribution < 1.29 is 38.1 Å². The fraction of sp³-hybridized carbons (Fsp3) is 0.429. The van der Waals surface area contributed by atoms with Gasteiger partial charge in [0.2, 0.25) is 0 Å². The molecule has 0 aliphatic heterocycles. The molecule has 0 heterocycles. The summed E-state index contributed by atoms with van der Waals surface area (Å²) in [6, 6.07) is 11.4. The summed E-state index contributed by atoms with van der Waals surface area (Å²) in [6.07, 6.45) is 8.02. The number of hydrogen-bond acceptors (Lipinski definition) is 8. The van der Waals surface area contributed by atoms with Crippen LogP contribution in [0.3, 0.4) is 0 Å². The third-order valence-electron chi connectivity index (χ3n) is 5.23. The van der Waals surface area contributed by atoms with Crippen molar-refractivity contribution in [2.45, 2.75) is 65.2 Å². The number of unbranched alkanes of at least 4 members (excludes halogenated alkanes) is 6. The molecule has 194 valence electrons. The lowest BCUT2D eigenvalue weighted by molar-refractivity contribution is -0.156. The van der Waals surface area contributed by atoms with E-state index in [0.717, 1.165) is 51.4 Å². The second-order valence-corrected chi connectivity index (χ2v) is 8.22. The number of ether oxygens (including phenoxy) is 4. The zero-order valence-electron chi connectivity index (χ0n) is 21.0. The summed E-state index contributed by atoms with van der Waals surface area (Å²) in [5.74, 6) is -3.23. The molecule has 0 aliphatic rings. The van der Waals surface area contributed by atoms with Gasteiger partial charge < -0.3 is 18.9 Å². The molecule has 8 heteroatoms. The van der Waals surface area contributed by atoms with Gasteiger partial charge in [-0.15, -0.1) is 0 Å². The van der Waals surface area contributed by atoms with Crippen LogP contribution in [0.15, 0.2) is 48.5 Å². The predicted molar refractivity (Wildman–Crippen MR) is 133 cm³/mol. The van der Waals surface area contributed by atoms with Gasteiger partial charge in [0, 0.05) is 0 Å². The topological polar surface area (TPSA) is 105 Å². The van der Waals surface area contributed by atoms with Crippen molar-refractivity contribution in [2.24, 2.45) is 0 Å². The van der Waals surface area contributed by atoms with Gasteiger partial charge in [0.1, 0.15) is 11.5 Å². The van der Waals surface area contributed by atoms with Crippen LogP contribution in [0.1, 0.15) is 85.9 Å². The normalized spacial score (nSPS) is 10.4. The molecule has 0 amide bonds. The largest absolute Gasteiger partial charge is 0.462 e. The molecule has 0 saturated carbocycles. The molecule has 0 N–H and O–H groups in total. The highest BCUT2D eigenvalue weighted by atomic mass is 16.6. The number of carbonyl (C=O) groups is 4. The minimum atomic E-state index is -1.23. The average molecular weight is 499 g/mol. The van der Waals surface area contributed by atoms with E-state index in [-0.39, 0.29) is 11.5 Å². The Hall–Kier alpha value is -3.68. The van der Waals surface area contributed by atoms with E-state index >= 15 is 0 Å². The Labute approximate surface area is 211 Å². The number of carbonyl (C=O) groups excluding carboxylic acids is 4. The van der Waals surface area contributed by atoms with Crippen LogP contribution in [-0.2, 0) is 19.1 Å². The maximum atomic E-state index is 12.1. The fourth-order valence-electron chi connectivity index (χ4n) is 3.17. The Kier molecular flexibility index (Phi) is 12.8. The quantitative estimate of drug-likeness (QED) is 0.142. The molecule has 0 bridgehead atoms. The molecule has 0 radical (unpaired) electrons. The second kappa shape index (κ2) is 16.1. The van der Waals surface area contributed by atoms with Crippen molar-refractivity contribution in [3.8, 4) is 11.5 Å². The van der Waals surface area contributed by atoms with Gasteiger partial charge in [-0.25, -0.2) is 19.2 Å². The molecule has 0 aliphatic carbocycles. The van der Waals surface area contributed by atoms with E-state index in [4.69, 9.17) is 18.9 Å². The Morgan fingerprint density at radius 1 is 0.528 bits per heavy atom. The van der Waals surface area contributed by atoms with Crippen LogP contribution in [0.5, 0.6) is 11.5 Å². The Balaban J connectivity index is 1.77. The van der Waals surface area contributed by atoms with Crippen LogP contribution >= 0.6 is 0 Å². The van der Waals surface area contributed by atoms with Crippen molar-refractivity contribution >= 4 is 23.9 Å². The van der Waals surface area contributed by atoms with Gasteiger partial charge in [0.05, 0.1) is 24.3 Å². The van der Waals surface area contributed by atoms with Gasteiger partial charge in [-0.2, -0.15) is 0 Å². The molecular weight excluding hydrogens is 464 g/mol. The maximum absolute atomic E-state index is 12.1. The Morgan fingerprint density at radius 3 is 1.22 bits per heavy atom. The second-order valence-electron chi connectivity index (χ2n) is 8.22. The summed E-state index contributed by atoms with van der Waals surface area (Å²) in [5.41, 5.74) is 0.625. The first-order valence-electron chi connectivity index (χ1n) is 12.4. The summed E-state index contributed by atoms with van der Waals surface area (Å²) in [7, 11) is 0. The first-order chi connectivity index (χ1) is 17.4. The number of rotatable bonds is 14. The van der Waals surface area contributed by atoms with Crippen molar-refractivity contribution in [3.05, 3.63) is 59.7 Å². The zero-order valence-corrected chi connectivity index (χ0v) is 21.0. The highest BCUT2D eigenvalue weighted by Crippen LogP contribution is 2.16. The third-order valence-corrected chi connectivity index (χ3v) is 5.23. The first kappa shape index (κ1) is 28.6. The first-order valence-corrected chi connectivity index (χ1v) is 12.4. The monoisotopic (exact) mass is 498 g/mol. The fourth-order valence-corrected chi connectivity index (χ4v) is 3.17. The summed E-state index contributed by atoms with van der Waals surface area (Å²) in [5, 5.41) is 0. The van der Waals surface area contributed by atoms with Crippen LogP contribution in [0, 0.1) is 0 Å². The molecule has 2 rings (SSSR count). The number of esters is 4. The van der Waals surface area contributed by atoms with Crippen LogP contribution < -0.4 is 9.47 Å². The third kappa shape index (κ3) is 10.3. The van der Waals surface area contributed by atoms with Crippen LogP contribution in [0.25, 0.3) is 0 Å². The van der Waals surface area contributed by atoms with E-state index in [1.54, 1.807) is 0 Å². The molecular formula is C28H34O8. The van der Waals surface area contributed by atoms with Crippen LogP contribution in [-0.4, -0.2) is 37.1 Å². The lowest BCUT2D eigenvalue weighted by atomic mass is 10.2. The van der Waals surface area contributed by atoms with Gasteiger partial charge in [0.25, 0.3) is 0 Å². The molecule has 0 aromatic heterocycles. The predicted octanol–water partition coefficient (Wildman–Crippen LogP) is 5.67. The van der Waals surface area contributed by atoms with E-state index in [9.17, 15) is 19.2 Å². The maximum Gasteiger partial charge on any atom is 0.423 e. The van der Waals surface area contributed by atoms with Gasteiger partial charge >= 0.3 is 23.9 Å². The van der Waals surface area contributed by atoms with E-state index < -0.39 is 23.9 Å². The Morgan fingerprint density at radius 2 is 0.889 bits per heavy atom. The van der Waals surface area contributed by atoms with Crippen molar-refractivity contribution in [2.75, 3.05) is 13.2 Å². The van der Waals surface area contributed by atoms with E-state index in [0.29, 0.717) is 24.3 Å². The molecule has 2 aromatic rings. The van der Waals surface area contributed by atoms with E-state index in [2.05, 4.69) is 13.8 Å². The smallest absolute Gasteiger partial charge is 0.423 e. The Bertz CT molecular complexity index is 898. The summed E-state index contributed by atoms with van der Waals surface area (Å²) in [4.78, 5) is 48.2. The molecule has 0 saturated heterocycles. The lowest BCUT2D eigenvalue weighted by Gasteiger charge is -2.08. The molecule has 0 spiro atoms. The molecule has 0 fully saturated rings. The van der Waals surface area contributed by atoms with E-state index in [1.165, 1.54) is 48.5 Å². The van der Waals surface area contributed by atoms with Gasteiger partial charge in [0.15, 0.2) is 0 Å². The van der Waals surface area contributed by atoms with Crippen molar-refractivity contribution in [1.82, 2.24) is 0 Å². The molecule has 36 heavy (non-hydrogen) atoms. The number of hydrogen-bond donors (Lipinski definition) is 0. The highest BCUT2D eigenvalue weighted by molar-refractivity contribution is 6.31. The standard InChI is InChI=1S/C28H34O8/c1-3-5-7-9-19-33-25(29)21-11-15-23(16-12-21)35-27(31)28(32)36-24-17-13-22(14-18-24)26(30)34-20-10-8-6-4-2/h11-18H,3-10,19-20H2,1-2H3. The summed E-state index contributed by atoms with van der Waals surface area (Å²) < 4.78 is 20.4. The minimum absolute atomic E-state index is 0.0773.